The number of likely N-dealkylation sites (tertiary alicyclic amines) is 2. The summed E-state index contributed by atoms with van der Waals surface area (Å²) in [6, 6.07) is 0.825. The van der Waals surface area contributed by atoms with E-state index in [0.717, 1.165) is 24.4 Å². The van der Waals surface area contributed by atoms with Crippen LogP contribution in [0.5, 0.6) is 0 Å². The van der Waals surface area contributed by atoms with Crippen LogP contribution in [0.25, 0.3) is 0 Å². The second kappa shape index (κ2) is 6.55. The van der Waals surface area contributed by atoms with Crippen molar-refractivity contribution in [2.75, 3.05) is 39.8 Å². The van der Waals surface area contributed by atoms with Gasteiger partial charge in [-0.1, -0.05) is 19.8 Å². The number of fused-ring (bicyclic) bond motifs is 1. The lowest BCUT2D eigenvalue weighted by Gasteiger charge is -2.49. The molecule has 1 saturated carbocycles. The van der Waals surface area contributed by atoms with Gasteiger partial charge in [0.15, 0.2) is 0 Å². The van der Waals surface area contributed by atoms with Gasteiger partial charge in [-0.2, -0.15) is 0 Å². The molecule has 1 aliphatic carbocycles. The molecule has 3 heteroatoms. The molecule has 0 aromatic rings. The molecule has 2 atom stereocenters. The minimum atomic E-state index is 0.208. The first-order chi connectivity index (χ1) is 10.1. The van der Waals surface area contributed by atoms with Crippen LogP contribution in [0.1, 0.15) is 51.9 Å². The molecule has 0 bridgehead atoms. The second-order valence-corrected chi connectivity index (χ2v) is 8.31. The fourth-order valence-electron chi connectivity index (χ4n) is 5.09. The maximum absolute atomic E-state index is 10.00. The highest BCUT2D eigenvalue weighted by atomic mass is 16.3. The molecule has 0 radical (unpaired) electrons. The molecule has 122 valence electrons. The summed E-state index contributed by atoms with van der Waals surface area (Å²) in [7, 11) is 2.31. The number of nitrogens with zero attached hydrogens (tertiary/aromatic N) is 2. The number of hydrogen-bond donors (Lipinski definition) is 1. The van der Waals surface area contributed by atoms with Gasteiger partial charge in [0.05, 0.1) is 0 Å². The van der Waals surface area contributed by atoms with Crippen LogP contribution in [0.2, 0.25) is 0 Å². The number of rotatable bonds is 3. The van der Waals surface area contributed by atoms with E-state index in [-0.39, 0.29) is 5.41 Å². The number of aliphatic hydroxyl groups excluding tert-OH is 1. The van der Waals surface area contributed by atoms with Crippen LogP contribution in [0.4, 0.5) is 0 Å². The van der Waals surface area contributed by atoms with E-state index in [4.69, 9.17) is 0 Å². The van der Waals surface area contributed by atoms with E-state index in [0.29, 0.717) is 6.61 Å². The first kappa shape index (κ1) is 15.8. The highest BCUT2D eigenvalue weighted by molar-refractivity contribution is 4.93. The van der Waals surface area contributed by atoms with Crippen LogP contribution < -0.4 is 0 Å². The van der Waals surface area contributed by atoms with Gasteiger partial charge < -0.3 is 14.9 Å². The molecule has 3 aliphatic rings. The van der Waals surface area contributed by atoms with Crippen molar-refractivity contribution in [1.82, 2.24) is 9.80 Å². The van der Waals surface area contributed by atoms with Gasteiger partial charge in [-0.25, -0.2) is 0 Å². The molecule has 3 fully saturated rings. The van der Waals surface area contributed by atoms with Gasteiger partial charge >= 0.3 is 0 Å². The Morgan fingerprint density at radius 3 is 2.57 bits per heavy atom. The molecule has 3 rings (SSSR count). The van der Waals surface area contributed by atoms with Crippen molar-refractivity contribution >= 4 is 0 Å². The zero-order valence-electron chi connectivity index (χ0n) is 14.1. The molecule has 3 nitrogen and oxygen atoms in total. The van der Waals surface area contributed by atoms with Crippen LogP contribution in [-0.2, 0) is 0 Å². The SMILES string of the molecule is CC1CCC(CO)(CN2CCC3C(CCCN3C)C2)CC1. The molecule has 2 heterocycles. The lowest BCUT2D eigenvalue weighted by atomic mass is 9.70. The van der Waals surface area contributed by atoms with Crippen molar-refractivity contribution in [2.24, 2.45) is 17.3 Å². The largest absolute Gasteiger partial charge is 0.396 e. The minimum Gasteiger partial charge on any atom is -0.396 e. The zero-order valence-corrected chi connectivity index (χ0v) is 14.1. The summed E-state index contributed by atoms with van der Waals surface area (Å²) in [5.74, 6) is 1.73. The summed E-state index contributed by atoms with van der Waals surface area (Å²) < 4.78 is 0. The molecule has 2 unspecified atom stereocenters. The highest BCUT2D eigenvalue weighted by Gasteiger charge is 2.39. The molecule has 0 amide bonds. The van der Waals surface area contributed by atoms with Crippen LogP contribution >= 0.6 is 0 Å². The first-order valence-corrected chi connectivity index (χ1v) is 9.15. The van der Waals surface area contributed by atoms with E-state index in [1.807, 2.05) is 0 Å². The molecular weight excluding hydrogens is 260 g/mol. The third-order valence-electron chi connectivity index (χ3n) is 6.66. The molecule has 1 N–H and O–H groups in total. The van der Waals surface area contributed by atoms with E-state index in [9.17, 15) is 5.11 Å². The molecule has 2 aliphatic heterocycles. The van der Waals surface area contributed by atoms with Crippen LogP contribution in [0, 0.1) is 17.3 Å². The smallest absolute Gasteiger partial charge is 0.0499 e. The normalized spacial score (nSPS) is 42.7. The van der Waals surface area contributed by atoms with Gasteiger partial charge in [0.25, 0.3) is 0 Å². The predicted octanol–water partition coefficient (Wildman–Crippen LogP) is 2.59. The summed E-state index contributed by atoms with van der Waals surface area (Å²) >= 11 is 0. The number of hydrogen-bond acceptors (Lipinski definition) is 3. The Morgan fingerprint density at radius 2 is 1.86 bits per heavy atom. The van der Waals surface area contributed by atoms with Crippen molar-refractivity contribution in [3.8, 4) is 0 Å². The van der Waals surface area contributed by atoms with Crippen molar-refractivity contribution in [3.05, 3.63) is 0 Å². The fraction of sp³-hybridized carbons (Fsp3) is 1.00. The van der Waals surface area contributed by atoms with Gasteiger partial charge in [-0.15, -0.1) is 0 Å². The van der Waals surface area contributed by atoms with E-state index in [1.54, 1.807) is 0 Å². The summed E-state index contributed by atoms with van der Waals surface area (Å²) in [5, 5.41) is 10.00. The Labute approximate surface area is 130 Å². The molecule has 2 saturated heterocycles. The van der Waals surface area contributed by atoms with Crippen molar-refractivity contribution < 1.29 is 5.11 Å². The number of aliphatic hydroxyl groups is 1. The Balaban J connectivity index is 1.58. The first-order valence-electron chi connectivity index (χ1n) is 9.15. The average molecular weight is 294 g/mol. The fourth-order valence-corrected chi connectivity index (χ4v) is 5.09. The van der Waals surface area contributed by atoms with Gasteiger partial charge in [-0.3, -0.25) is 0 Å². The second-order valence-electron chi connectivity index (χ2n) is 8.31. The van der Waals surface area contributed by atoms with Crippen molar-refractivity contribution in [2.45, 2.75) is 57.9 Å². The minimum absolute atomic E-state index is 0.208. The topological polar surface area (TPSA) is 26.7 Å². The quantitative estimate of drug-likeness (QED) is 0.867. The third kappa shape index (κ3) is 3.46. The van der Waals surface area contributed by atoms with Gasteiger partial charge in [0.2, 0.25) is 0 Å². The Kier molecular flexibility index (Phi) is 4.92. The molecule has 0 aromatic carbocycles. The van der Waals surface area contributed by atoms with Crippen LogP contribution in [0.15, 0.2) is 0 Å². The van der Waals surface area contributed by atoms with Crippen molar-refractivity contribution in [1.29, 1.82) is 0 Å². The Hall–Kier alpha value is -0.120. The summed E-state index contributed by atoms with van der Waals surface area (Å²) in [6.45, 7) is 7.70. The van der Waals surface area contributed by atoms with Gasteiger partial charge in [0.1, 0.15) is 0 Å². The summed E-state index contributed by atoms with van der Waals surface area (Å²) in [4.78, 5) is 5.28. The number of piperidine rings is 2. The molecule has 0 aromatic heterocycles. The zero-order chi connectivity index (χ0) is 14.9. The lowest BCUT2D eigenvalue weighted by Crippen LogP contribution is -2.55. The maximum atomic E-state index is 10.00. The highest BCUT2D eigenvalue weighted by Crippen LogP contribution is 2.40. The molecular formula is C18H34N2O. The average Bonchev–Trinajstić information content (AvgIpc) is 2.50. The van der Waals surface area contributed by atoms with E-state index >= 15 is 0 Å². The van der Waals surface area contributed by atoms with E-state index < -0.39 is 0 Å². The maximum Gasteiger partial charge on any atom is 0.0499 e. The van der Waals surface area contributed by atoms with Gasteiger partial charge in [-0.05, 0) is 64.1 Å². The summed E-state index contributed by atoms with van der Waals surface area (Å²) in [6.07, 6.45) is 9.19. The van der Waals surface area contributed by atoms with E-state index in [1.165, 1.54) is 64.6 Å². The van der Waals surface area contributed by atoms with Crippen LogP contribution in [0.3, 0.4) is 0 Å². The van der Waals surface area contributed by atoms with Crippen molar-refractivity contribution in [3.63, 3.8) is 0 Å². The third-order valence-corrected chi connectivity index (χ3v) is 6.66. The lowest BCUT2D eigenvalue weighted by molar-refractivity contribution is -0.0125. The summed E-state index contributed by atoms with van der Waals surface area (Å²) in [5.41, 5.74) is 0.208. The van der Waals surface area contributed by atoms with E-state index in [2.05, 4.69) is 23.8 Å². The molecule has 0 spiro atoms. The standard InChI is InChI=1S/C18H34N2O/c1-15-5-8-18(14-21,9-6-15)13-20-11-7-17-16(12-20)4-3-10-19(17)2/h15-17,21H,3-14H2,1-2H3. The molecule has 21 heavy (non-hydrogen) atoms. The Bertz CT molecular complexity index is 338. The monoisotopic (exact) mass is 294 g/mol. The Morgan fingerprint density at radius 1 is 1.10 bits per heavy atom. The predicted molar refractivity (Wildman–Crippen MR) is 87.3 cm³/mol. The van der Waals surface area contributed by atoms with Gasteiger partial charge in [0, 0.05) is 31.2 Å². The van der Waals surface area contributed by atoms with Crippen LogP contribution in [-0.4, -0.2) is 60.8 Å².